The van der Waals surface area contributed by atoms with Gasteiger partial charge in [0.25, 0.3) is 0 Å². The van der Waals surface area contributed by atoms with Crippen LogP contribution in [0.5, 0.6) is 11.5 Å². The van der Waals surface area contributed by atoms with Crippen molar-refractivity contribution in [3.05, 3.63) is 54.1 Å². The van der Waals surface area contributed by atoms with Crippen molar-refractivity contribution in [2.45, 2.75) is 6.92 Å². The van der Waals surface area contributed by atoms with Crippen LogP contribution in [-0.2, 0) is 4.79 Å². The number of nitrogens with zero attached hydrogens (tertiary/aromatic N) is 2. The Morgan fingerprint density at radius 2 is 1.69 bits per heavy atom. The van der Waals surface area contributed by atoms with Gasteiger partial charge >= 0.3 is 0 Å². The maximum Gasteiger partial charge on any atom is 0.221 e. The van der Waals surface area contributed by atoms with Gasteiger partial charge in [-0.05, 0) is 42.0 Å². The van der Waals surface area contributed by atoms with Crippen molar-refractivity contribution >= 4 is 17.4 Å². The number of carbonyl (C=O) groups excluding carboxylic acids is 1. The first kappa shape index (κ1) is 19.7. The molecule has 3 rings (SSSR count). The molecule has 0 saturated carbocycles. The molecule has 2 aromatic carbocycles. The third-order valence-electron chi connectivity index (χ3n) is 4.35. The number of nitrogen functional groups attached to an aromatic ring is 1. The van der Waals surface area contributed by atoms with E-state index in [1.807, 2.05) is 24.3 Å². The van der Waals surface area contributed by atoms with E-state index in [4.69, 9.17) is 15.2 Å². The summed E-state index contributed by atoms with van der Waals surface area (Å²) in [4.78, 5) is 15.6. The third kappa shape index (κ3) is 4.12. The normalized spacial score (nSPS) is 10.1. The first-order valence-corrected chi connectivity index (χ1v) is 8.78. The number of carbonyl (C=O) groups is 1. The van der Waals surface area contributed by atoms with E-state index in [-0.39, 0.29) is 11.7 Å². The summed E-state index contributed by atoms with van der Waals surface area (Å²) in [6, 6.07) is 16.5. The molecular weight excluding hydrogens is 368 g/mol. The summed E-state index contributed by atoms with van der Waals surface area (Å²) in [5, 5.41) is 12.3. The number of methoxy groups -OCH3 is 2. The summed E-state index contributed by atoms with van der Waals surface area (Å²) in [5.41, 5.74) is 9.85. The summed E-state index contributed by atoms with van der Waals surface area (Å²) in [6.45, 7) is 1.45. The fourth-order valence-corrected chi connectivity index (χ4v) is 2.99. The second-order valence-electron chi connectivity index (χ2n) is 6.26. The zero-order valence-electron chi connectivity index (χ0n) is 16.3. The van der Waals surface area contributed by atoms with Gasteiger partial charge in [0.2, 0.25) is 5.91 Å². The van der Waals surface area contributed by atoms with Crippen LogP contribution < -0.4 is 20.5 Å². The standard InChI is InChI=1S/C22H20N4O3/c1-13(27)25-16-7-4-14(5-8-16)17-11-19(26-22(24)18(17)12-23)15-6-9-20(28-2)21(10-15)29-3/h4-11H,1-3H3,(H2,24,26)(H,25,27). The Hall–Kier alpha value is -4.05. The number of nitriles is 1. The molecule has 7 heteroatoms. The molecule has 0 aliphatic rings. The number of anilines is 2. The average Bonchev–Trinajstić information content (AvgIpc) is 2.72. The van der Waals surface area contributed by atoms with Crippen LogP contribution in [0.3, 0.4) is 0 Å². The highest BCUT2D eigenvalue weighted by Crippen LogP contribution is 2.35. The summed E-state index contributed by atoms with van der Waals surface area (Å²) < 4.78 is 10.6. The Labute approximate surface area is 168 Å². The molecule has 7 nitrogen and oxygen atoms in total. The minimum Gasteiger partial charge on any atom is -0.493 e. The molecule has 1 heterocycles. The van der Waals surface area contributed by atoms with E-state index in [1.165, 1.54) is 6.92 Å². The zero-order valence-corrected chi connectivity index (χ0v) is 16.3. The van der Waals surface area contributed by atoms with Gasteiger partial charge in [-0.1, -0.05) is 12.1 Å². The average molecular weight is 388 g/mol. The molecule has 0 bridgehead atoms. The Morgan fingerprint density at radius 1 is 1.03 bits per heavy atom. The first-order chi connectivity index (χ1) is 14.0. The molecule has 1 aromatic heterocycles. The highest BCUT2D eigenvalue weighted by molar-refractivity contribution is 5.89. The van der Waals surface area contributed by atoms with Crippen molar-refractivity contribution in [1.82, 2.24) is 4.98 Å². The van der Waals surface area contributed by atoms with Crippen molar-refractivity contribution in [3.8, 4) is 40.0 Å². The highest BCUT2D eigenvalue weighted by Gasteiger charge is 2.15. The Morgan fingerprint density at radius 3 is 2.28 bits per heavy atom. The fraction of sp³-hybridized carbons (Fsp3) is 0.136. The molecule has 146 valence electrons. The lowest BCUT2D eigenvalue weighted by molar-refractivity contribution is -0.114. The van der Waals surface area contributed by atoms with Crippen LogP contribution in [0.2, 0.25) is 0 Å². The minimum absolute atomic E-state index is 0.140. The number of nitrogens with two attached hydrogens (primary N) is 1. The molecule has 3 N–H and O–H groups in total. The number of hydrogen-bond acceptors (Lipinski definition) is 6. The molecule has 3 aromatic rings. The van der Waals surface area contributed by atoms with Crippen molar-refractivity contribution in [2.24, 2.45) is 0 Å². The summed E-state index contributed by atoms with van der Waals surface area (Å²) in [5.74, 6) is 1.16. The largest absolute Gasteiger partial charge is 0.493 e. The zero-order chi connectivity index (χ0) is 21.0. The van der Waals surface area contributed by atoms with Gasteiger partial charge in [-0.3, -0.25) is 4.79 Å². The van der Waals surface area contributed by atoms with Crippen molar-refractivity contribution in [1.29, 1.82) is 5.26 Å². The van der Waals surface area contributed by atoms with Crippen molar-refractivity contribution in [2.75, 3.05) is 25.3 Å². The molecule has 1 amide bonds. The Balaban J connectivity index is 2.10. The number of benzene rings is 2. The quantitative estimate of drug-likeness (QED) is 0.687. The van der Waals surface area contributed by atoms with Gasteiger partial charge in [0, 0.05) is 23.7 Å². The van der Waals surface area contributed by atoms with Gasteiger partial charge in [-0.15, -0.1) is 0 Å². The number of nitrogens with one attached hydrogen (secondary N) is 1. The maximum absolute atomic E-state index is 11.2. The van der Waals surface area contributed by atoms with Gasteiger partial charge < -0.3 is 20.5 Å². The van der Waals surface area contributed by atoms with Crippen LogP contribution in [0.15, 0.2) is 48.5 Å². The molecule has 0 atom stereocenters. The number of ether oxygens (including phenoxy) is 2. The van der Waals surface area contributed by atoms with E-state index < -0.39 is 0 Å². The second kappa shape index (κ2) is 8.31. The third-order valence-corrected chi connectivity index (χ3v) is 4.35. The monoisotopic (exact) mass is 388 g/mol. The van der Waals surface area contributed by atoms with Crippen LogP contribution >= 0.6 is 0 Å². The number of aromatic nitrogens is 1. The first-order valence-electron chi connectivity index (χ1n) is 8.78. The van der Waals surface area contributed by atoms with Crippen molar-refractivity contribution in [3.63, 3.8) is 0 Å². The predicted octanol–water partition coefficient (Wildman–Crippen LogP) is 3.85. The fourth-order valence-electron chi connectivity index (χ4n) is 2.99. The topological polar surface area (TPSA) is 110 Å². The van der Waals surface area contributed by atoms with Gasteiger partial charge in [0.1, 0.15) is 17.5 Å². The Bertz CT molecular complexity index is 1100. The number of hydrogen-bond donors (Lipinski definition) is 2. The Kier molecular flexibility index (Phi) is 5.65. The lowest BCUT2D eigenvalue weighted by Crippen LogP contribution is -2.05. The smallest absolute Gasteiger partial charge is 0.221 e. The van der Waals surface area contributed by atoms with Crippen LogP contribution in [0, 0.1) is 11.3 Å². The number of pyridine rings is 1. The highest BCUT2D eigenvalue weighted by atomic mass is 16.5. The molecule has 29 heavy (non-hydrogen) atoms. The van der Waals surface area contributed by atoms with Crippen LogP contribution in [-0.4, -0.2) is 25.1 Å². The maximum atomic E-state index is 11.2. The summed E-state index contributed by atoms with van der Waals surface area (Å²) >= 11 is 0. The summed E-state index contributed by atoms with van der Waals surface area (Å²) in [7, 11) is 3.13. The van der Waals surface area contributed by atoms with E-state index in [0.717, 1.165) is 11.1 Å². The number of rotatable bonds is 5. The van der Waals surface area contributed by atoms with Gasteiger partial charge in [-0.2, -0.15) is 5.26 Å². The molecule has 0 aliphatic carbocycles. The van der Waals surface area contributed by atoms with E-state index in [9.17, 15) is 10.1 Å². The SMILES string of the molecule is COc1ccc(-c2cc(-c3ccc(NC(C)=O)cc3)c(C#N)c(N)n2)cc1OC. The number of amides is 1. The lowest BCUT2D eigenvalue weighted by Gasteiger charge is -2.13. The van der Waals surface area contributed by atoms with E-state index >= 15 is 0 Å². The van der Waals surface area contributed by atoms with E-state index in [2.05, 4.69) is 16.4 Å². The van der Waals surface area contributed by atoms with Gasteiger partial charge in [-0.25, -0.2) is 4.98 Å². The lowest BCUT2D eigenvalue weighted by atomic mass is 9.98. The predicted molar refractivity (Wildman–Crippen MR) is 112 cm³/mol. The van der Waals surface area contributed by atoms with E-state index in [1.54, 1.807) is 38.5 Å². The molecule has 0 radical (unpaired) electrons. The molecule has 0 spiro atoms. The minimum atomic E-state index is -0.153. The van der Waals surface area contributed by atoms with Gasteiger partial charge in [0.15, 0.2) is 11.5 Å². The molecular formula is C22H20N4O3. The van der Waals surface area contributed by atoms with E-state index in [0.29, 0.717) is 34.0 Å². The van der Waals surface area contributed by atoms with Gasteiger partial charge in [0.05, 0.1) is 19.9 Å². The molecule has 0 fully saturated rings. The summed E-state index contributed by atoms with van der Waals surface area (Å²) in [6.07, 6.45) is 0. The van der Waals surface area contributed by atoms with Crippen LogP contribution in [0.25, 0.3) is 22.4 Å². The molecule has 0 unspecified atom stereocenters. The van der Waals surface area contributed by atoms with Crippen molar-refractivity contribution < 1.29 is 14.3 Å². The molecule has 0 aliphatic heterocycles. The second-order valence-corrected chi connectivity index (χ2v) is 6.26. The molecule has 0 saturated heterocycles. The van der Waals surface area contributed by atoms with Crippen LogP contribution in [0.1, 0.15) is 12.5 Å². The van der Waals surface area contributed by atoms with Crippen LogP contribution in [0.4, 0.5) is 11.5 Å².